The van der Waals surface area contributed by atoms with Gasteiger partial charge in [-0.15, -0.1) is 35.3 Å². The van der Waals surface area contributed by atoms with Crippen LogP contribution in [-0.2, 0) is 13.1 Å². The molecule has 2 aromatic rings. The van der Waals surface area contributed by atoms with Crippen molar-refractivity contribution in [1.82, 2.24) is 15.6 Å². The van der Waals surface area contributed by atoms with E-state index in [4.69, 9.17) is 9.47 Å². The van der Waals surface area contributed by atoms with Gasteiger partial charge < -0.3 is 20.1 Å². The molecule has 0 amide bonds. The summed E-state index contributed by atoms with van der Waals surface area (Å²) in [6, 6.07) is 5.75. The van der Waals surface area contributed by atoms with Gasteiger partial charge in [-0.1, -0.05) is 0 Å². The van der Waals surface area contributed by atoms with E-state index in [-0.39, 0.29) is 24.0 Å². The van der Waals surface area contributed by atoms with Gasteiger partial charge in [0.05, 0.1) is 33.0 Å². The number of halogens is 1. The minimum atomic E-state index is 0. The molecular formula is C18H27IN4O2S. The fourth-order valence-corrected chi connectivity index (χ4v) is 3.14. The lowest BCUT2D eigenvalue weighted by atomic mass is 10.2. The zero-order chi connectivity index (χ0) is 18.2. The second-order valence-electron chi connectivity index (χ2n) is 5.48. The average molecular weight is 490 g/mol. The second-order valence-corrected chi connectivity index (χ2v) is 6.76. The molecule has 0 saturated heterocycles. The number of hydrogen-bond acceptors (Lipinski definition) is 5. The van der Waals surface area contributed by atoms with Crippen LogP contribution in [0.5, 0.6) is 11.5 Å². The second kappa shape index (κ2) is 11.2. The molecule has 6 nitrogen and oxygen atoms in total. The maximum atomic E-state index is 5.43. The van der Waals surface area contributed by atoms with E-state index in [1.54, 1.807) is 25.6 Å². The molecule has 8 heteroatoms. The molecule has 144 valence electrons. The number of guanidine groups is 1. The first-order chi connectivity index (χ1) is 12.1. The SMILES string of the molecule is CCNC(=NCc1ccc(OC)cc1OC)NCc1nc(C)c(C)s1.I. The molecule has 0 atom stereocenters. The summed E-state index contributed by atoms with van der Waals surface area (Å²) >= 11 is 1.71. The predicted molar refractivity (Wildman–Crippen MR) is 118 cm³/mol. The number of nitrogens with zero attached hydrogens (tertiary/aromatic N) is 2. The molecule has 0 aliphatic carbocycles. The first-order valence-electron chi connectivity index (χ1n) is 8.23. The molecule has 1 heterocycles. The molecule has 0 fully saturated rings. The van der Waals surface area contributed by atoms with Crippen molar-refractivity contribution in [3.8, 4) is 11.5 Å². The number of rotatable bonds is 7. The summed E-state index contributed by atoms with van der Waals surface area (Å²) in [6.07, 6.45) is 0. The highest BCUT2D eigenvalue weighted by molar-refractivity contribution is 14.0. The van der Waals surface area contributed by atoms with Crippen LogP contribution in [0.1, 0.15) is 28.1 Å². The van der Waals surface area contributed by atoms with Crippen molar-refractivity contribution in [3.05, 3.63) is 39.3 Å². The number of thiazole rings is 1. The van der Waals surface area contributed by atoms with Crippen LogP contribution >= 0.6 is 35.3 Å². The summed E-state index contributed by atoms with van der Waals surface area (Å²) in [4.78, 5) is 10.4. The summed E-state index contributed by atoms with van der Waals surface area (Å²) in [5.41, 5.74) is 2.09. The van der Waals surface area contributed by atoms with Gasteiger partial charge in [-0.3, -0.25) is 0 Å². The summed E-state index contributed by atoms with van der Waals surface area (Å²) in [5.74, 6) is 2.29. The normalized spacial score (nSPS) is 10.9. The number of aliphatic imine (C=N–C) groups is 1. The maximum absolute atomic E-state index is 5.43. The lowest BCUT2D eigenvalue weighted by molar-refractivity contribution is 0.391. The Bertz CT molecular complexity index is 714. The monoisotopic (exact) mass is 490 g/mol. The Hall–Kier alpha value is -1.55. The third kappa shape index (κ3) is 6.31. The molecule has 0 aliphatic rings. The average Bonchev–Trinajstić information content (AvgIpc) is 2.95. The molecule has 26 heavy (non-hydrogen) atoms. The van der Waals surface area contributed by atoms with E-state index in [1.165, 1.54) is 4.88 Å². The maximum Gasteiger partial charge on any atom is 0.191 e. The molecule has 0 aliphatic heterocycles. The summed E-state index contributed by atoms with van der Waals surface area (Å²) in [7, 11) is 3.29. The zero-order valence-electron chi connectivity index (χ0n) is 15.9. The van der Waals surface area contributed by atoms with Gasteiger partial charge in [0.1, 0.15) is 16.5 Å². The molecule has 0 bridgehead atoms. The van der Waals surface area contributed by atoms with Crippen LogP contribution in [0.25, 0.3) is 0 Å². The number of methoxy groups -OCH3 is 2. The van der Waals surface area contributed by atoms with Gasteiger partial charge in [-0.2, -0.15) is 0 Å². The van der Waals surface area contributed by atoms with E-state index >= 15 is 0 Å². The van der Waals surface area contributed by atoms with Gasteiger partial charge in [0, 0.05) is 23.1 Å². The van der Waals surface area contributed by atoms with E-state index in [0.29, 0.717) is 13.1 Å². The minimum absolute atomic E-state index is 0. The summed E-state index contributed by atoms with van der Waals surface area (Å²) in [5, 5.41) is 7.64. The van der Waals surface area contributed by atoms with E-state index in [2.05, 4.69) is 27.5 Å². The third-order valence-electron chi connectivity index (χ3n) is 3.73. The molecule has 0 spiro atoms. The predicted octanol–water partition coefficient (Wildman–Crippen LogP) is 3.65. The molecule has 0 radical (unpaired) electrons. The van der Waals surface area contributed by atoms with Crippen LogP contribution in [0.2, 0.25) is 0 Å². The minimum Gasteiger partial charge on any atom is -0.497 e. The molecule has 0 saturated carbocycles. The van der Waals surface area contributed by atoms with Crippen molar-refractivity contribution in [2.24, 2.45) is 4.99 Å². The Balaban J connectivity index is 0.00000338. The lowest BCUT2D eigenvalue weighted by Crippen LogP contribution is -2.36. The number of aromatic nitrogens is 1. The molecular weight excluding hydrogens is 463 g/mol. The van der Waals surface area contributed by atoms with Gasteiger partial charge in [-0.05, 0) is 32.9 Å². The summed E-state index contributed by atoms with van der Waals surface area (Å²) in [6.45, 7) is 8.13. The fourth-order valence-electron chi connectivity index (χ4n) is 2.26. The van der Waals surface area contributed by atoms with Gasteiger partial charge >= 0.3 is 0 Å². The smallest absolute Gasteiger partial charge is 0.191 e. The highest BCUT2D eigenvalue weighted by Gasteiger charge is 2.07. The van der Waals surface area contributed by atoms with Crippen molar-refractivity contribution in [1.29, 1.82) is 0 Å². The van der Waals surface area contributed by atoms with Crippen molar-refractivity contribution in [2.45, 2.75) is 33.9 Å². The molecule has 1 aromatic carbocycles. The van der Waals surface area contributed by atoms with Crippen LogP contribution in [0.15, 0.2) is 23.2 Å². The Labute approximate surface area is 176 Å². The van der Waals surface area contributed by atoms with E-state index < -0.39 is 0 Å². The van der Waals surface area contributed by atoms with Crippen LogP contribution in [-0.4, -0.2) is 31.7 Å². The van der Waals surface area contributed by atoms with Crippen molar-refractivity contribution in [3.63, 3.8) is 0 Å². The number of benzene rings is 1. The fraction of sp³-hybridized carbons (Fsp3) is 0.444. The number of aryl methyl sites for hydroxylation is 2. The molecule has 2 rings (SSSR count). The first kappa shape index (κ1) is 22.5. The number of nitrogens with one attached hydrogen (secondary N) is 2. The van der Waals surface area contributed by atoms with Gasteiger partial charge in [0.25, 0.3) is 0 Å². The Morgan fingerprint density at radius 3 is 2.54 bits per heavy atom. The largest absolute Gasteiger partial charge is 0.497 e. The zero-order valence-corrected chi connectivity index (χ0v) is 19.0. The van der Waals surface area contributed by atoms with E-state index in [9.17, 15) is 0 Å². The topological polar surface area (TPSA) is 67.8 Å². The highest BCUT2D eigenvalue weighted by Crippen LogP contribution is 2.25. The lowest BCUT2D eigenvalue weighted by Gasteiger charge is -2.12. The van der Waals surface area contributed by atoms with Crippen LogP contribution in [0.4, 0.5) is 0 Å². The molecule has 1 aromatic heterocycles. The van der Waals surface area contributed by atoms with Crippen LogP contribution in [0.3, 0.4) is 0 Å². The Morgan fingerprint density at radius 1 is 1.19 bits per heavy atom. The molecule has 0 unspecified atom stereocenters. The van der Waals surface area contributed by atoms with Crippen molar-refractivity contribution in [2.75, 3.05) is 20.8 Å². The third-order valence-corrected chi connectivity index (χ3v) is 4.80. The first-order valence-corrected chi connectivity index (χ1v) is 9.05. The van der Waals surface area contributed by atoms with E-state index in [1.807, 2.05) is 32.0 Å². The van der Waals surface area contributed by atoms with E-state index in [0.717, 1.165) is 40.3 Å². The standard InChI is InChI=1S/C18H26N4O2S.HI/c1-6-19-18(21-11-17-22-12(2)13(3)25-17)20-10-14-7-8-15(23-4)9-16(14)24-5;/h7-9H,6,10-11H2,1-5H3,(H2,19,20,21);1H. The Kier molecular flexibility index (Phi) is 9.71. The van der Waals surface area contributed by atoms with Gasteiger partial charge in [-0.25, -0.2) is 9.98 Å². The van der Waals surface area contributed by atoms with Crippen molar-refractivity contribution >= 4 is 41.3 Å². The quantitative estimate of drug-likeness (QED) is 0.353. The number of hydrogen-bond donors (Lipinski definition) is 2. The van der Waals surface area contributed by atoms with Crippen LogP contribution < -0.4 is 20.1 Å². The highest BCUT2D eigenvalue weighted by atomic mass is 127. The van der Waals surface area contributed by atoms with Gasteiger partial charge in [0.2, 0.25) is 0 Å². The van der Waals surface area contributed by atoms with Gasteiger partial charge in [0.15, 0.2) is 5.96 Å². The Morgan fingerprint density at radius 2 is 1.96 bits per heavy atom. The molecule has 2 N–H and O–H groups in total. The number of ether oxygens (including phenoxy) is 2. The van der Waals surface area contributed by atoms with Crippen molar-refractivity contribution < 1.29 is 9.47 Å². The van der Waals surface area contributed by atoms with Crippen LogP contribution in [0, 0.1) is 13.8 Å². The summed E-state index contributed by atoms with van der Waals surface area (Å²) < 4.78 is 10.7.